The maximum Gasteiger partial charge on any atom is 0.311 e. The molecular formula is C11H9BrF2N2O2. The summed E-state index contributed by atoms with van der Waals surface area (Å²) in [7, 11) is 1.19. The predicted octanol–water partition coefficient (Wildman–Crippen LogP) is 2.50. The van der Waals surface area contributed by atoms with E-state index >= 15 is 0 Å². The van der Waals surface area contributed by atoms with Gasteiger partial charge in [0.1, 0.15) is 5.69 Å². The van der Waals surface area contributed by atoms with Gasteiger partial charge >= 0.3 is 5.97 Å². The highest BCUT2D eigenvalue weighted by molar-refractivity contribution is 9.08. The molecule has 0 spiro atoms. The number of ether oxygens (including phenoxy) is 1. The van der Waals surface area contributed by atoms with E-state index in [0.29, 0.717) is 5.56 Å². The topological polar surface area (TPSA) is 63.0 Å². The van der Waals surface area contributed by atoms with Gasteiger partial charge in [-0.05, 0) is 6.07 Å². The third kappa shape index (κ3) is 3.23. The van der Waals surface area contributed by atoms with Gasteiger partial charge in [-0.1, -0.05) is 15.9 Å². The highest BCUT2D eigenvalue weighted by atomic mass is 79.9. The zero-order chi connectivity index (χ0) is 13.7. The van der Waals surface area contributed by atoms with Gasteiger partial charge in [-0.15, -0.1) is 0 Å². The molecule has 0 bridgehead atoms. The average molecular weight is 319 g/mol. The van der Waals surface area contributed by atoms with E-state index in [2.05, 4.69) is 25.7 Å². The van der Waals surface area contributed by atoms with E-state index in [1.807, 2.05) is 6.07 Å². The fourth-order valence-corrected chi connectivity index (χ4v) is 1.99. The largest absolute Gasteiger partial charge is 0.469 e. The molecule has 0 saturated carbocycles. The molecule has 1 aromatic heterocycles. The van der Waals surface area contributed by atoms with Crippen molar-refractivity contribution in [3.63, 3.8) is 0 Å². The Morgan fingerprint density at radius 2 is 2.33 bits per heavy atom. The van der Waals surface area contributed by atoms with Crippen LogP contribution in [0.15, 0.2) is 6.07 Å². The van der Waals surface area contributed by atoms with Gasteiger partial charge in [-0.2, -0.15) is 5.26 Å². The van der Waals surface area contributed by atoms with Crippen LogP contribution >= 0.6 is 15.9 Å². The molecule has 0 amide bonds. The predicted molar refractivity (Wildman–Crippen MR) is 62.3 cm³/mol. The molecule has 96 valence electrons. The van der Waals surface area contributed by atoms with Crippen molar-refractivity contribution in [2.24, 2.45) is 0 Å². The number of nitriles is 1. The Morgan fingerprint density at radius 3 is 2.78 bits per heavy atom. The van der Waals surface area contributed by atoms with Crippen LogP contribution < -0.4 is 0 Å². The lowest BCUT2D eigenvalue weighted by atomic mass is 10.1. The van der Waals surface area contributed by atoms with Crippen LogP contribution in [0, 0.1) is 11.3 Å². The molecule has 1 rings (SSSR count). The molecule has 0 radical (unpaired) electrons. The van der Waals surface area contributed by atoms with Crippen LogP contribution in [0.25, 0.3) is 0 Å². The van der Waals surface area contributed by atoms with Gasteiger partial charge in [-0.3, -0.25) is 9.78 Å². The molecule has 0 atom stereocenters. The minimum atomic E-state index is -2.79. The SMILES string of the molecule is COC(=O)Cc1nc(C(F)F)cc(C#N)c1CBr. The quantitative estimate of drug-likeness (QED) is 0.632. The Morgan fingerprint density at radius 1 is 1.67 bits per heavy atom. The van der Waals surface area contributed by atoms with E-state index in [4.69, 9.17) is 5.26 Å². The number of nitrogens with zero attached hydrogens (tertiary/aromatic N) is 2. The molecule has 0 aliphatic heterocycles. The molecule has 18 heavy (non-hydrogen) atoms. The van der Waals surface area contributed by atoms with Gasteiger partial charge in [0, 0.05) is 10.9 Å². The van der Waals surface area contributed by atoms with Gasteiger partial charge in [0.15, 0.2) is 0 Å². The number of halogens is 3. The molecule has 0 saturated heterocycles. The summed E-state index contributed by atoms with van der Waals surface area (Å²) in [6.07, 6.45) is -3.04. The number of pyridine rings is 1. The molecule has 1 heterocycles. The minimum absolute atomic E-state index is 0.0797. The lowest BCUT2D eigenvalue weighted by Gasteiger charge is -2.10. The average Bonchev–Trinajstić information content (AvgIpc) is 2.37. The summed E-state index contributed by atoms with van der Waals surface area (Å²) in [4.78, 5) is 14.9. The molecule has 0 aromatic carbocycles. The van der Waals surface area contributed by atoms with Crippen LogP contribution in [-0.2, 0) is 21.3 Å². The highest BCUT2D eigenvalue weighted by Crippen LogP contribution is 2.24. The monoisotopic (exact) mass is 318 g/mol. The second kappa shape index (κ2) is 6.40. The van der Waals surface area contributed by atoms with Crippen molar-refractivity contribution in [3.05, 3.63) is 28.6 Å². The number of carbonyl (C=O) groups excluding carboxylic acids is 1. The number of rotatable bonds is 4. The summed E-state index contributed by atoms with van der Waals surface area (Å²) < 4.78 is 29.7. The Bertz CT molecular complexity index is 501. The summed E-state index contributed by atoms with van der Waals surface area (Å²) in [6, 6.07) is 2.85. The standard InChI is InChI=1S/C11H9BrF2N2O2/c1-18-10(17)3-8-7(4-12)6(5-15)2-9(16-8)11(13)14/h2,11H,3-4H2,1H3. The number of aromatic nitrogens is 1. The summed E-state index contributed by atoms with van der Waals surface area (Å²) in [5, 5.41) is 9.16. The molecule has 0 aliphatic carbocycles. The first-order valence-electron chi connectivity index (χ1n) is 4.87. The van der Waals surface area contributed by atoms with Crippen molar-refractivity contribution in [3.8, 4) is 6.07 Å². The zero-order valence-electron chi connectivity index (χ0n) is 9.41. The van der Waals surface area contributed by atoms with Crippen LogP contribution in [0.2, 0.25) is 0 Å². The first-order chi connectivity index (χ1) is 8.53. The number of esters is 1. The maximum absolute atomic E-state index is 12.6. The third-order valence-corrected chi connectivity index (χ3v) is 2.81. The molecule has 0 aliphatic rings. The van der Waals surface area contributed by atoms with Crippen LogP contribution in [0.4, 0.5) is 8.78 Å². The molecule has 0 unspecified atom stereocenters. The molecule has 4 nitrogen and oxygen atoms in total. The lowest BCUT2D eigenvalue weighted by Crippen LogP contribution is -2.11. The summed E-state index contributed by atoms with van der Waals surface area (Å²) in [6.45, 7) is 0. The van der Waals surface area contributed by atoms with E-state index in [-0.39, 0.29) is 23.0 Å². The van der Waals surface area contributed by atoms with Gasteiger partial charge in [0.05, 0.1) is 30.9 Å². The smallest absolute Gasteiger partial charge is 0.311 e. The fourth-order valence-electron chi connectivity index (χ4n) is 1.36. The first-order valence-corrected chi connectivity index (χ1v) is 5.99. The fraction of sp³-hybridized carbons (Fsp3) is 0.364. The van der Waals surface area contributed by atoms with E-state index in [9.17, 15) is 13.6 Å². The van der Waals surface area contributed by atoms with Crippen LogP contribution in [0.3, 0.4) is 0 Å². The summed E-state index contributed by atoms with van der Waals surface area (Å²) in [5.74, 6) is -0.597. The van der Waals surface area contributed by atoms with Crippen molar-refractivity contribution >= 4 is 21.9 Å². The van der Waals surface area contributed by atoms with Crippen LogP contribution in [0.1, 0.15) is 28.9 Å². The van der Waals surface area contributed by atoms with Crippen LogP contribution in [-0.4, -0.2) is 18.1 Å². The molecular weight excluding hydrogens is 310 g/mol. The van der Waals surface area contributed by atoms with Gasteiger partial charge < -0.3 is 4.74 Å². The number of hydrogen-bond donors (Lipinski definition) is 0. The number of hydrogen-bond acceptors (Lipinski definition) is 4. The van der Waals surface area contributed by atoms with Crippen molar-refractivity contribution in [1.29, 1.82) is 5.26 Å². The van der Waals surface area contributed by atoms with E-state index in [1.54, 1.807) is 0 Å². The Balaban J connectivity index is 3.32. The zero-order valence-corrected chi connectivity index (χ0v) is 11.0. The number of methoxy groups -OCH3 is 1. The van der Waals surface area contributed by atoms with Crippen molar-refractivity contribution < 1.29 is 18.3 Å². The Hall–Kier alpha value is -1.55. The van der Waals surface area contributed by atoms with Crippen molar-refractivity contribution in [1.82, 2.24) is 4.98 Å². The maximum atomic E-state index is 12.6. The van der Waals surface area contributed by atoms with Crippen molar-refractivity contribution in [2.45, 2.75) is 18.2 Å². The Kier molecular flexibility index (Phi) is 5.16. The second-order valence-electron chi connectivity index (χ2n) is 3.32. The van der Waals surface area contributed by atoms with E-state index < -0.39 is 18.1 Å². The lowest BCUT2D eigenvalue weighted by molar-refractivity contribution is -0.139. The first kappa shape index (κ1) is 14.5. The summed E-state index contributed by atoms with van der Waals surface area (Å²) in [5.41, 5.74) is 0.117. The van der Waals surface area contributed by atoms with E-state index in [0.717, 1.165) is 6.07 Å². The Labute approximate surface area is 111 Å². The highest BCUT2D eigenvalue weighted by Gasteiger charge is 2.18. The van der Waals surface area contributed by atoms with Gasteiger partial charge in [-0.25, -0.2) is 8.78 Å². The van der Waals surface area contributed by atoms with Crippen LogP contribution in [0.5, 0.6) is 0 Å². The number of alkyl halides is 3. The van der Waals surface area contributed by atoms with E-state index in [1.165, 1.54) is 7.11 Å². The third-order valence-electron chi connectivity index (χ3n) is 2.25. The summed E-state index contributed by atoms with van der Waals surface area (Å²) >= 11 is 3.14. The molecule has 7 heteroatoms. The normalized spacial score (nSPS) is 10.2. The van der Waals surface area contributed by atoms with Crippen molar-refractivity contribution in [2.75, 3.05) is 7.11 Å². The van der Waals surface area contributed by atoms with Gasteiger partial charge in [0.25, 0.3) is 6.43 Å². The van der Waals surface area contributed by atoms with Gasteiger partial charge in [0.2, 0.25) is 0 Å². The molecule has 0 N–H and O–H groups in total. The minimum Gasteiger partial charge on any atom is -0.469 e. The number of carbonyl (C=O) groups is 1. The second-order valence-corrected chi connectivity index (χ2v) is 3.88. The molecule has 0 fully saturated rings. The molecule has 1 aromatic rings.